The van der Waals surface area contributed by atoms with Crippen molar-refractivity contribution in [1.29, 1.82) is 0 Å². The number of amides is 1. The second-order valence-electron chi connectivity index (χ2n) is 5.91. The standard InChI is InChI=1S/C16H23FN2O/c1-11(2)10-19(13-7-8-18-9-13)16(20)14-5-4-6-15(17)12(14)3/h4-6,11,13,18H,7-10H2,1-3H3/t13-/m0/s1. The molecule has 4 heteroatoms. The molecular formula is C16H23FN2O. The number of hydrogen-bond donors (Lipinski definition) is 1. The normalized spacial score (nSPS) is 18.6. The number of benzene rings is 1. The van der Waals surface area contributed by atoms with Crippen LogP contribution in [0.1, 0.15) is 36.2 Å². The molecule has 1 heterocycles. The van der Waals surface area contributed by atoms with E-state index in [9.17, 15) is 9.18 Å². The molecule has 1 amide bonds. The first kappa shape index (κ1) is 15.0. The highest BCUT2D eigenvalue weighted by Gasteiger charge is 2.28. The predicted octanol–water partition coefficient (Wildman–Crippen LogP) is 2.59. The molecule has 0 aromatic heterocycles. The van der Waals surface area contributed by atoms with E-state index >= 15 is 0 Å². The smallest absolute Gasteiger partial charge is 0.254 e. The minimum Gasteiger partial charge on any atom is -0.334 e. The average molecular weight is 278 g/mol. The van der Waals surface area contributed by atoms with Crippen LogP contribution in [-0.2, 0) is 0 Å². The molecule has 1 saturated heterocycles. The zero-order valence-electron chi connectivity index (χ0n) is 12.4. The summed E-state index contributed by atoms with van der Waals surface area (Å²) in [7, 11) is 0. The molecule has 1 atom stereocenters. The minimum absolute atomic E-state index is 0.0515. The Labute approximate surface area is 120 Å². The highest BCUT2D eigenvalue weighted by Crippen LogP contribution is 2.19. The molecule has 20 heavy (non-hydrogen) atoms. The fraction of sp³-hybridized carbons (Fsp3) is 0.562. The largest absolute Gasteiger partial charge is 0.334 e. The van der Waals surface area contributed by atoms with Gasteiger partial charge in [-0.15, -0.1) is 0 Å². The molecule has 0 spiro atoms. The summed E-state index contributed by atoms with van der Waals surface area (Å²) in [6.07, 6.45) is 0.965. The van der Waals surface area contributed by atoms with E-state index in [0.717, 1.165) is 19.5 Å². The van der Waals surface area contributed by atoms with Gasteiger partial charge in [-0.2, -0.15) is 0 Å². The SMILES string of the molecule is Cc1c(F)cccc1C(=O)N(CC(C)C)[C@H]1CCNC1. The first-order valence-electron chi connectivity index (χ1n) is 7.27. The monoisotopic (exact) mass is 278 g/mol. The van der Waals surface area contributed by atoms with E-state index in [4.69, 9.17) is 0 Å². The first-order valence-corrected chi connectivity index (χ1v) is 7.27. The predicted molar refractivity (Wildman–Crippen MR) is 78.3 cm³/mol. The third-order valence-electron chi connectivity index (χ3n) is 3.80. The summed E-state index contributed by atoms with van der Waals surface area (Å²) in [5.74, 6) is 0.0303. The van der Waals surface area contributed by atoms with Crippen molar-refractivity contribution in [3.63, 3.8) is 0 Å². The van der Waals surface area contributed by atoms with Crippen LogP contribution in [0.5, 0.6) is 0 Å². The number of nitrogens with one attached hydrogen (secondary N) is 1. The van der Waals surface area contributed by atoms with Gasteiger partial charge in [-0.1, -0.05) is 19.9 Å². The van der Waals surface area contributed by atoms with Gasteiger partial charge in [0.1, 0.15) is 5.82 Å². The summed E-state index contributed by atoms with van der Waals surface area (Å²) in [6.45, 7) is 8.34. The van der Waals surface area contributed by atoms with E-state index in [1.165, 1.54) is 6.07 Å². The van der Waals surface area contributed by atoms with Gasteiger partial charge >= 0.3 is 0 Å². The second kappa shape index (κ2) is 6.35. The van der Waals surface area contributed by atoms with Crippen LogP contribution in [-0.4, -0.2) is 36.5 Å². The highest BCUT2D eigenvalue weighted by molar-refractivity contribution is 5.96. The van der Waals surface area contributed by atoms with Crippen molar-refractivity contribution >= 4 is 5.91 Å². The van der Waals surface area contributed by atoms with E-state index in [1.54, 1.807) is 19.1 Å². The molecule has 110 valence electrons. The Balaban J connectivity index is 2.27. The molecular weight excluding hydrogens is 255 g/mol. The minimum atomic E-state index is -0.315. The Morgan fingerprint density at radius 1 is 1.50 bits per heavy atom. The Kier molecular flexibility index (Phi) is 4.76. The molecule has 0 radical (unpaired) electrons. The Morgan fingerprint density at radius 3 is 2.85 bits per heavy atom. The summed E-state index contributed by atoms with van der Waals surface area (Å²) >= 11 is 0. The summed E-state index contributed by atoms with van der Waals surface area (Å²) in [5, 5.41) is 3.29. The maximum Gasteiger partial charge on any atom is 0.254 e. The van der Waals surface area contributed by atoms with Gasteiger partial charge in [0.15, 0.2) is 0 Å². The number of hydrogen-bond acceptors (Lipinski definition) is 2. The molecule has 1 N–H and O–H groups in total. The number of rotatable bonds is 4. The fourth-order valence-electron chi connectivity index (χ4n) is 2.69. The van der Waals surface area contributed by atoms with Crippen LogP contribution in [0.4, 0.5) is 4.39 Å². The number of halogens is 1. The van der Waals surface area contributed by atoms with E-state index in [2.05, 4.69) is 19.2 Å². The van der Waals surface area contributed by atoms with Gasteiger partial charge in [0, 0.05) is 24.7 Å². The van der Waals surface area contributed by atoms with Crippen molar-refractivity contribution in [3.8, 4) is 0 Å². The van der Waals surface area contributed by atoms with Gasteiger partial charge in [0.25, 0.3) is 5.91 Å². The summed E-state index contributed by atoms with van der Waals surface area (Å²) in [5.41, 5.74) is 0.926. The van der Waals surface area contributed by atoms with E-state index in [-0.39, 0.29) is 17.8 Å². The Morgan fingerprint density at radius 2 is 2.25 bits per heavy atom. The van der Waals surface area contributed by atoms with Crippen molar-refractivity contribution in [2.24, 2.45) is 5.92 Å². The number of carbonyl (C=O) groups is 1. The van der Waals surface area contributed by atoms with Gasteiger partial charge in [-0.25, -0.2) is 4.39 Å². The zero-order valence-corrected chi connectivity index (χ0v) is 12.4. The first-order chi connectivity index (χ1) is 9.50. The summed E-state index contributed by atoms with van der Waals surface area (Å²) < 4.78 is 13.7. The molecule has 1 fully saturated rings. The van der Waals surface area contributed by atoms with Crippen molar-refractivity contribution in [1.82, 2.24) is 10.2 Å². The van der Waals surface area contributed by atoms with Crippen LogP contribution in [0.3, 0.4) is 0 Å². The van der Waals surface area contributed by atoms with Crippen LogP contribution < -0.4 is 5.32 Å². The zero-order chi connectivity index (χ0) is 14.7. The van der Waals surface area contributed by atoms with Gasteiger partial charge in [-0.05, 0) is 43.5 Å². The average Bonchev–Trinajstić information content (AvgIpc) is 2.92. The van der Waals surface area contributed by atoms with Crippen LogP contribution >= 0.6 is 0 Å². The van der Waals surface area contributed by atoms with Gasteiger partial charge in [0.2, 0.25) is 0 Å². The third-order valence-corrected chi connectivity index (χ3v) is 3.80. The Bertz CT molecular complexity index is 481. The van der Waals surface area contributed by atoms with E-state index in [0.29, 0.717) is 23.6 Å². The highest BCUT2D eigenvalue weighted by atomic mass is 19.1. The lowest BCUT2D eigenvalue weighted by Crippen LogP contribution is -2.44. The van der Waals surface area contributed by atoms with Crippen molar-refractivity contribution in [3.05, 3.63) is 35.1 Å². The second-order valence-corrected chi connectivity index (χ2v) is 5.91. The molecule has 1 aliphatic heterocycles. The van der Waals surface area contributed by atoms with Gasteiger partial charge < -0.3 is 10.2 Å². The summed E-state index contributed by atoms with van der Waals surface area (Å²) in [4.78, 5) is 14.7. The van der Waals surface area contributed by atoms with Crippen molar-refractivity contribution in [2.45, 2.75) is 33.2 Å². The van der Waals surface area contributed by atoms with E-state index in [1.807, 2.05) is 4.90 Å². The molecule has 0 aliphatic carbocycles. The lowest BCUT2D eigenvalue weighted by Gasteiger charge is -2.30. The molecule has 0 bridgehead atoms. The molecule has 0 unspecified atom stereocenters. The topological polar surface area (TPSA) is 32.3 Å². The molecule has 1 aliphatic rings. The maximum atomic E-state index is 13.7. The number of carbonyl (C=O) groups excluding carboxylic acids is 1. The molecule has 1 aromatic rings. The van der Waals surface area contributed by atoms with Gasteiger partial charge in [-0.3, -0.25) is 4.79 Å². The van der Waals surface area contributed by atoms with Crippen molar-refractivity contribution in [2.75, 3.05) is 19.6 Å². The molecule has 1 aromatic carbocycles. The van der Waals surface area contributed by atoms with E-state index < -0.39 is 0 Å². The molecule has 0 saturated carbocycles. The van der Waals surface area contributed by atoms with Gasteiger partial charge in [0.05, 0.1) is 0 Å². The Hall–Kier alpha value is -1.42. The third kappa shape index (κ3) is 3.18. The van der Waals surface area contributed by atoms with Crippen LogP contribution in [0.25, 0.3) is 0 Å². The van der Waals surface area contributed by atoms with Crippen molar-refractivity contribution < 1.29 is 9.18 Å². The lowest BCUT2D eigenvalue weighted by atomic mass is 10.0. The summed E-state index contributed by atoms with van der Waals surface area (Å²) in [6, 6.07) is 4.94. The van der Waals surface area contributed by atoms with Crippen LogP contribution in [0, 0.1) is 18.7 Å². The van der Waals surface area contributed by atoms with Crippen LogP contribution in [0.2, 0.25) is 0 Å². The number of nitrogens with zero attached hydrogens (tertiary/aromatic N) is 1. The molecule has 3 nitrogen and oxygen atoms in total. The van der Waals surface area contributed by atoms with Crippen LogP contribution in [0.15, 0.2) is 18.2 Å². The fourth-order valence-corrected chi connectivity index (χ4v) is 2.69. The maximum absolute atomic E-state index is 13.7. The quantitative estimate of drug-likeness (QED) is 0.918. The lowest BCUT2D eigenvalue weighted by molar-refractivity contribution is 0.0666. The molecule has 2 rings (SSSR count).